The molecule has 0 fully saturated rings. The summed E-state index contributed by atoms with van der Waals surface area (Å²) in [5.41, 5.74) is -2.19. The van der Waals surface area contributed by atoms with E-state index in [-0.39, 0.29) is 22.7 Å². The molecule has 0 N–H and O–H groups in total. The van der Waals surface area contributed by atoms with Crippen LogP contribution in [-0.4, -0.2) is 21.4 Å². The molecular weight excluding hydrogens is 460 g/mol. The molecule has 36 heavy (non-hydrogen) atoms. The molecule has 0 amide bonds. The SMILES string of the molecule is CCCCCCC(C)(CCCCCC)C(C(C)CC(C)(C)O[N+](=O)[O-])C(C)(C)CC(C)(C)O[N+](=O)[O-]. The predicted octanol–water partition coefficient (Wildman–Crippen LogP) is 8.97. The summed E-state index contributed by atoms with van der Waals surface area (Å²) in [6, 6.07) is 0. The second-order valence-corrected chi connectivity index (χ2v) is 13.2. The number of nitrogens with zero attached hydrogens (tertiary/aromatic N) is 2. The Labute approximate surface area is 220 Å². The average molecular weight is 517 g/mol. The van der Waals surface area contributed by atoms with Gasteiger partial charge < -0.3 is 9.68 Å². The highest BCUT2D eigenvalue weighted by Gasteiger charge is 2.49. The van der Waals surface area contributed by atoms with Crippen molar-refractivity contribution in [3.8, 4) is 0 Å². The molecule has 0 spiro atoms. The molecule has 2 unspecified atom stereocenters. The molecule has 8 nitrogen and oxygen atoms in total. The van der Waals surface area contributed by atoms with Crippen molar-refractivity contribution in [1.29, 1.82) is 0 Å². The number of rotatable bonds is 21. The Morgan fingerprint density at radius 2 is 1.11 bits per heavy atom. The Kier molecular flexibility index (Phi) is 14.3. The van der Waals surface area contributed by atoms with Gasteiger partial charge in [0, 0.05) is 0 Å². The lowest BCUT2D eigenvalue weighted by molar-refractivity contribution is -0.780. The fourth-order valence-electron chi connectivity index (χ4n) is 7.32. The van der Waals surface area contributed by atoms with Crippen molar-refractivity contribution >= 4 is 0 Å². The highest BCUT2D eigenvalue weighted by atomic mass is 17.0. The quantitative estimate of drug-likeness (QED) is 0.0856. The molecule has 0 bridgehead atoms. The lowest BCUT2D eigenvalue weighted by Crippen LogP contribution is -2.47. The molecular formula is C28H56N2O6. The topological polar surface area (TPSA) is 105 Å². The van der Waals surface area contributed by atoms with Gasteiger partial charge in [0.25, 0.3) is 10.2 Å². The molecule has 0 aliphatic rings. The van der Waals surface area contributed by atoms with Gasteiger partial charge in [-0.2, -0.15) is 0 Å². The van der Waals surface area contributed by atoms with Gasteiger partial charge in [-0.25, -0.2) is 0 Å². The summed E-state index contributed by atoms with van der Waals surface area (Å²) >= 11 is 0. The number of unbranched alkanes of at least 4 members (excludes halogenated alkanes) is 6. The van der Waals surface area contributed by atoms with Gasteiger partial charge in [-0.3, -0.25) is 0 Å². The fraction of sp³-hybridized carbons (Fsp3) is 1.00. The van der Waals surface area contributed by atoms with Gasteiger partial charge in [-0.05, 0) is 76.0 Å². The highest BCUT2D eigenvalue weighted by molar-refractivity contribution is 4.97. The second-order valence-electron chi connectivity index (χ2n) is 13.2. The first kappa shape index (κ1) is 34.4. The summed E-state index contributed by atoms with van der Waals surface area (Å²) in [5, 5.41) is 21.0. The summed E-state index contributed by atoms with van der Waals surface area (Å²) in [6.45, 7) is 20.5. The van der Waals surface area contributed by atoms with E-state index in [1.54, 1.807) is 27.7 Å². The Balaban J connectivity index is 6.35. The van der Waals surface area contributed by atoms with E-state index in [4.69, 9.17) is 9.68 Å². The summed E-state index contributed by atoms with van der Waals surface area (Å²) in [4.78, 5) is 32.5. The third-order valence-electron chi connectivity index (χ3n) is 7.70. The molecule has 0 aliphatic carbocycles. The zero-order valence-electron chi connectivity index (χ0n) is 25.0. The zero-order valence-corrected chi connectivity index (χ0v) is 25.0. The van der Waals surface area contributed by atoms with E-state index in [1.165, 1.54) is 38.5 Å². The normalized spacial score (nSPS) is 14.8. The van der Waals surface area contributed by atoms with Crippen LogP contribution in [0, 0.1) is 42.9 Å². The van der Waals surface area contributed by atoms with Crippen LogP contribution in [0.15, 0.2) is 0 Å². The van der Waals surface area contributed by atoms with Gasteiger partial charge in [-0.1, -0.05) is 92.9 Å². The van der Waals surface area contributed by atoms with Gasteiger partial charge in [0.2, 0.25) is 0 Å². The maximum absolute atomic E-state index is 11.2. The van der Waals surface area contributed by atoms with Crippen LogP contribution in [0.2, 0.25) is 0 Å². The average Bonchev–Trinajstić information content (AvgIpc) is 2.65. The Hall–Kier alpha value is -1.60. The number of hydrogen-bond acceptors (Lipinski definition) is 6. The third-order valence-corrected chi connectivity index (χ3v) is 7.70. The standard InChI is InChI=1S/C28H56N2O6/c1-11-13-15-17-19-28(10,20-18-16-14-12-2)24(23(3)21-26(6,7)35-29(31)32)25(4,5)22-27(8,9)36-30(33)34/h23-24H,11-22H2,1-10H3. The van der Waals surface area contributed by atoms with E-state index < -0.39 is 21.4 Å². The molecule has 8 heteroatoms. The Bertz CT molecular complexity index is 650. The first-order chi connectivity index (χ1) is 16.4. The molecule has 0 saturated carbocycles. The molecule has 0 aromatic heterocycles. The molecule has 0 aliphatic heterocycles. The van der Waals surface area contributed by atoms with E-state index in [2.05, 4.69) is 41.5 Å². The van der Waals surface area contributed by atoms with Gasteiger partial charge in [0.15, 0.2) is 0 Å². The largest absolute Gasteiger partial charge is 0.308 e. The molecule has 0 aromatic carbocycles. The van der Waals surface area contributed by atoms with E-state index >= 15 is 0 Å². The van der Waals surface area contributed by atoms with Crippen molar-refractivity contribution in [3.63, 3.8) is 0 Å². The summed E-state index contributed by atoms with van der Waals surface area (Å²) in [7, 11) is 0. The van der Waals surface area contributed by atoms with Crippen molar-refractivity contribution in [2.24, 2.45) is 22.7 Å². The summed E-state index contributed by atoms with van der Waals surface area (Å²) < 4.78 is 0. The van der Waals surface area contributed by atoms with Gasteiger partial charge >= 0.3 is 0 Å². The van der Waals surface area contributed by atoms with Crippen molar-refractivity contribution in [3.05, 3.63) is 20.2 Å². The lowest BCUT2D eigenvalue weighted by Gasteiger charge is -2.52. The first-order valence-electron chi connectivity index (χ1n) is 14.1. The zero-order chi connectivity index (χ0) is 28.2. The van der Waals surface area contributed by atoms with Crippen LogP contribution in [0.5, 0.6) is 0 Å². The lowest BCUT2D eigenvalue weighted by atomic mass is 9.53. The van der Waals surface area contributed by atoms with E-state index in [1.807, 2.05) is 0 Å². The van der Waals surface area contributed by atoms with Crippen LogP contribution in [0.3, 0.4) is 0 Å². The van der Waals surface area contributed by atoms with Crippen molar-refractivity contribution < 1.29 is 19.8 Å². The van der Waals surface area contributed by atoms with Crippen LogP contribution < -0.4 is 0 Å². The van der Waals surface area contributed by atoms with Crippen LogP contribution in [-0.2, 0) is 9.68 Å². The van der Waals surface area contributed by atoms with Gasteiger partial charge in [0.05, 0.1) is 0 Å². The molecule has 214 valence electrons. The molecule has 0 heterocycles. The van der Waals surface area contributed by atoms with Crippen molar-refractivity contribution in [1.82, 2.24) is 0 Å². The van der Waals surface area contributed by atoms with Crippen molar-refractivity contribution in [2.75, 3.05) is 0 Å². The minimum absolute atomic E-state index is 0.0141. The van der Waals surface area contributed by atoms with E-state index in [0.29, 0.717) is 12.8 Å². The minimum Gasteiger partial charge on any atom is -0.308 e. The Morgan fingerprint density at radius 3 is 1.50 bits per heavy atom. The minimum atomic E-state index is -0.941. The van der Waals surface area contributed by atoms with Crippen LogP contribution in [0.4, 0.5) is 0 Å². The molecule has 0 aromatic rings. The second kappa shape index (κ2) is 15.0. The Morgan fingerprint density at radius 1 is 0.694 bits per heavy atom. The van der Waals surface area contributed by atoms with E-state index in [9.17, 15) is 20.2 Å². The predicted molar refractivity (Wildman–Crippen MR) is 146 cm³/mol. The maximum atomic E-state index is 11.2. The molecule has 2 atom stereocenters. The fourth-order valence-corrected chi connectivity index (χ4v) is 7.32. The third kappa shape index (κ3) is 13.1. The van der Waals surface area contributed by atoms with Gasteiger partial charge in [0.1, 0.15) is 11.2 Å². The van der Waals surface area contributed by atoms with E-state index in [0.717, 1.165) is 25.7 Å². The first-order valence-corrected chi connectivity index (χ1v) is 14.1. The van der Waals surface area contributed by atoms with Crippen LogP contribution >= 0.6 is 0 Å². The molecule has 0 saturated heterocycles. The monoisotopic (exact) mass is 516 g/mol. The smallest absolute Gasteiger partial charge is 0.295 e. The van der Waals surface area contributed by atoms with Crippen LogP contribution in [0.25, 0.3) is 0 Å². The summed E-state index contributed by atoms with van der Waals surface area (Å²) in [6.07, 6.45) is 12.6. The maximum Gasteiger partial charge on any atom is 0.295 e. The molecule has 0 rings (SSSR count). The number of hydrogen-bond donors (Lipinski definition) is 0. The summed E-state index contributed by atoms with van der Waals surface area (Å²) in [5.74, 6) is 0.265. The highest BCUT2D eigenvalue weighted by Crippen LogP contribution is 2.55. The van der Waals surface area contributed by atoms with Crippen LogP contribution in [0.1, 0.15) is 146 Å². The molecule has 0 radical (unpaired) electrons. The van der Waals surface area contributed by atoms with Gasteiger partial charge in [-0.15, -0.1) is 20.2 Å². The van der Waals surface area contributed by atoms with Crippen molar-refractivity contribution in [2.45, 2.75) is 157 Å².